The van der Waals surface area contributed by atoms with E-state index in [-0.39, 0.29) is 30.8 Å². The summed E-state index contributed by atoms with van der Waals surface area (Å²) >= 11 is 0. The summed E-state index contributed by atoms with van der Waals surface area (Å²) in [5.41, 5.74) is 1.61. The van der Waals surface area contributed by atoms with Gasteiger partial charge in [-0.1, -0.05) is 12.1 Å². The van der Waals surface area contributed by atoms with Crippen LogP contribution in [0.5, 0.6) is 0 Å². The fraction of sp³-hybridized carbons (Fsp3) is 0.500. The molecule has 0 aliphatic heterocycles. The number of nitrogens with one attached hydrogen (secondary N) is 2. The smallest absolute Gasteiger partial charge is 0.251 e. The topological polar surface area (TPSA) is 81.8 Å². The lowest BCUT2D eigenvalue weighted by atomic mass is 10.1. The van der Waals surface area contributed by atoms with Crippen molar-refractivity contribution in [3.05, 3.63) is 35.4 Å². The molecule has 0 bridgehead atoms. The van der Waals surface area contributed by atoms with E-state index in [1.165, 1.54) is 4.90 Å². The molecule has 1 rings (SSSR count). The van der Waals surface area contributed by atoms with Crippen LogP contribution >= 0.6 is 0 Å². The summed E-state index contributed by atoms with van der Waals surface area (Å²) in [5.74, 6) is -0.359. The quantitative estimate of drug-likeness (QED) is 0.679. The van der Waals surface area contributed by atoms with Crippen LogP contribution in [-0.4, -0.2) is 67.8 Å². The second-order valence-corrected chi connectivity index (χ2v) is 5.81. The van der Waals surface area contributed by atoms with Crippen molar-refractivity contribution in [2.75, 3.05) is 40.3 Å². The van der Waals surface area contributed by atoms with Crippen molar-refractivity contribution < 1.29 is 14.4 Å². The monoisotopic (exact) mass is 348 g/mol. The van der Waals surface area contributed by atoms with Crippen LogP contribution in [0.15, 0.2) is 24.3 Å². The highest BCUT2D eigenvalue weighted by Gasteiger charge is 2.17. The van der Waals surface area contributed by atoms with Crippen LogP contribution in [0.3, 0.4) is 0 Å². The van der Waals surface area contributed by atoms with Gasteiger partial charge in [0.05, 0.1) is 13.1 Å². The lowest BCUT2D eigenvalue weighted by Crippen LogP contribution is -2.44. The Bertz CT molecular complexity index is 586. The Balaban J connectivity index is 2.56. The van der Waals surface area contributed by atoms with Gasteiger partial charge in [0.25, 0.3) is 5.91 Å². The second kappa shape index (κ2) is 10.5. The first kappa shape index (κ1) is 20.6. The molecule has 138 valence electrons. The maximum atomic E-state index is 12.3. The zero-order valence-corrected chi connectivity index (χ0v) is 15.5. The van der Waals surface area contributed by atoms with Gasteiger partial charge in [-0.15, -0.1) is 0 Å². The van der Waals surface area contributed by atoms with Gasteiger partial charge in [0.1, 0.15) is 0 Å². The van der Waals surface area contributed by atoms with Gasteiger partial charge < -0.3 is 15.5 Å². The van der Waals surface area contributed by atoms with Gasteiger partial charge in [-0.2, -0.15) is 0 Å². The molecule has 0 saturated heterocycles. The van der Waals surface area contributed by atoms with Crippen LogP contribution < -0.4 is 10.6 Å². The van der Waals surface area contributed by atoms with Gasteiger partial charge in [-0.3, -0.25) is 19.3 Å². The molecule has 2 N–H and O–H groups in total. The number of hydrogen-bond acceptors (Lipinski definition) is 4. The summed E-state index contributed by atoms with van der Waals surface area (Å²) in [4.78, 5) is 39.0. The normalized spacial score (nSPS) is 10.4. The first-order chi connectivity index (χ1) is 11.9. The van der Waals surface area contributed by atoms with Crippen LogP contribution in [0.2, 0.25) is 0 Å². The number of carbonyl (C=O) groups is 3. The zero-order chi connectivity index (χ0) is 18.8. The van der Waals surface area contributed by atoms with Crippen LogP contribution in [0.4, 0.5) is 0 Å². The molecule has 0 radical (unpaired) electrons. The largest absolute Gasteiger partial charge is 0.355 e. The van der Waals surface area contributed by atoms with Crippen molar-refractivity contribution in [3.8, 4) is 0 Å². The zero-order valence-electron chi connectivity index (χ0n) is 15.5. The Morgan fingerprint density at radius 2 is 1.68 bits per heavy atom. The van der Waals surface area contributed by atoms with Gasteiger partial charge in [-0.05, 0) is 38.6 Å². The Kier molecular flexibility index (Phi) is 8.63. The molecule has 1 aromatic rings. The molecule has 0 atom stereocenters. The third-order valence-corrected chi connectivity index (χ3v) is 3.74. The first-order valence-corrected chi connectivity index (χ1v) is 8.45. The molecule has 0 fully saturated rings. The average Bonchev–Trinajstić information content (AvgIpc) is 2.59. The number of likely N-dealkylation sites (N-methyl/N-ethyl adjacent to an activating group) is 3. The number of benzene rings is 1. The van der Waals surface area contributed by atoms with Crippen LogP contribution in [0, 0.1) is 0 Å². The summed E-state index contributed by atoms with van der Waals surface area (Å²) < 4.78 is 0. The Labute approximate surface area is 149 Å². The number of nitrogens with zero attached hydrogens (tertiary/aromatic N) is 2. The minimum absolute atomic E-state index is 0.0812. The standard InChI is InChI=1S/C18H28N4O3/c1-5-20-16(23)12-22(6-2)17(24)13-21(4)11-14-7-9-15(10-8-14)18(25)19-3/h7-10H,5-6,11-13H2,1-4H3,(H,19,25)(H,20,23). The maximum Gasteiger partial charge on any atom is 0.251 e. The predicted octanol–water partition coefficient (Wildman–Crippen LogP) is 0.463. The van der Waals surface area contributed by atoms with E-state index >= 15 is 0 Å². The lowest BCUT2D eigenvalue weighted by Gasteiger charge is -2.24. The van der Waals surface area contributed by atoms with Crippen LogP contribution in [0.25, 0.3) is 0 Å². The summed E-state index contributed by atoms with van der Waals surface area (Å²) in [6.07, 6.45) is 0. The van der Waals surface area contributed by atoms with E-state index in [0.29, 0.717) is 25.2 Å². The Morgan fingerprint density at radius 1 is 1.04 bits per heavy atom. The number of carbonyl (C=O) groups excluding carboxylic acids is 3. The van der Waals surface area contributed by atoms with E-state index in [4.69, 9.17) is 0 Å². The SMILES string of the molecule is CCNC(=O)CN(CC)C(=O)CN(C)Cc1ccc(C(=O)NC)cc1. The van der Waals surface area contributed by atoms with Crippen LogP contribution in [-0.2, 0) is 16.1 Å². The van der Waals surface area contributed by atoms with E-state index in [1.54, 1.807) is 19.2 Å². The molecule has 0 saturated carbocycles. The fourth-order valence-corrected chi connectivity index (χ4v) is 2.41. The summed E-state index contributed by atoms with van der Waals surface area (Å²) in [5, 5.41) is 5.28. The summed E-state index contributed by atoms with van der Waals surface area (Å²) in [6, 6.07) is 7.27. The van der Waals surface area contributed by atoms with E-state index in [1.807, 2.05) is 37.9 Å². The summed E-state index contributed by atoms with van der Waals surface area (Å²) in [7, 11) is 3.44. The molecule has 0 unspecified atom stereocenters. The molecule has 7 nitrogen and oxygen atoms in total. The molecule has 7 heteroatoms. The van der Waals surface area contributed by atoms with Gasteiger partial charge in [0, 0.05) is 32.2 Å². The molecule has 0 spiro atoms. The van der Waals surface area contributed by atoms with Gasteiger partial charge >= 0.3 is 0 Å². The molecule has 1 aromatic carbocycles. The van der Waals surface area contributed by atoms with Crippen molar-refractivity contribution >= 4 is 17.7 Å². The first-order valence-electron chi connectivity index (χ1n) is 8.45. The molecular formula is C18H28N4O3. The second-order valence-electron chi connectivity index (χ2n) is 5.81. The molecule has 0 heterocycles. The van der Waals surface area contributed by atoms with Crippen molar-refractivity contribution in [2.45, 2.75) is 20.4 Å². The average molecular weight is 348 g/mol. The maximum absolute atomic E-state index is 12.3. The Hall–Kier alpha value is -2.41. The Morgan fingerprint density at radius 3 is 2.20 bits per heavy atom. The molecular weight excluding hydrogens is 320 g/mol. The molecule has 0 aliphatic rings. The third kappa shape index (κ3) is 6.93. The minimum Gasteiger partial charge on any atom is -0.355 e. The molecule has 0 aromatic heterocycles. The van der Waals surface area contributed by atoms with E-state index in [2.05, 4.69) is 10.6 Å². The van der Waals surface area contributed by atoms with Gasteiger partial charge in [-0.25, -0.2) is 0 Å². The van der Waals surface area contributed by atoms with E-state index < -0.39 is 0 Å². The highest BCUT2D eigenvalue weighted by molar-refractivity contribution is 5.93. The van der Waals surface area contributed by atoms with Crippen molar-refractivity contribution in [3.63, 3.8) is 0 Å². The minimum atomic E-state index is -0.148. The summed E-state index contributed by atoms with van der Waals surface area (Å²) in [6.45, 7) is 5.63. The number of hydrogen-bond donors (Lipinski definition) is 2. The lowest BCUT2D eigenvalue weighted by molar-refractivity contribution is -0.136. The molecule has 3 amide bonds. The van der Waals surface area contributed by atoms with E-state index in [0.717, 1.165) is 5.56 Å². The molecule has 0 aliphatic carbocycles. The fourth-order valence-electron chi connectivity index (χ4n) is 2.41. The highest BCUT2D eigenvalue weighted by atomic mass is 16.2. The molecule has 25 heavy (non-hydrogen) atoms. The van der Waals surface area contributed by atoms with Gasteiger partial charge in [0.2, 0.25) is 11.8 Å². The van der Waals surface area contributed by atoms with Crippen LogP contribution in [0.1, 0.15) is 29.8 Å². The van der Waals surface area contributed by atoms with E-state index in [9.17, 15) is 14.4 Å². The third-order valence-electron chi connectivity index (χ3n) is 3.74. The number of amides is 3. The predicted molar refractivity (Wildman–Crippen MR) is 97.1 cm³/mol. The van der Waals surface area contributed by atoms with Crippen molar-refractivity contribution in [1.29, 1.82) is 0 Å². The number of rotatable bonds is 9. The van der Waals surface area contributed by atoms with Crippen molar-refractivity contribution in [2.24, 2.45) is 0 Å². The van der Waals surface area contributed by atoms with Gasteiger partial charge in [0.15, 0.2) is 0 Å². The van der Waals surface area contributed by atoms with Crippen molar-refractivity contribution in [1.82, 2.24) is 20.4 Å². The highest BCUT2D eigenvalue weighted by Crippen LogP contribution is 2.07.